The van der Waals surface area contributed by atoms with E-state index in [2.05, 4.69) is 0 Å². The maximum atomic E-state index is 12.0. The van der Waals surface area contributed by atoms with E-state index in [1.165, 1.54) is 24.3 Å². The predicted molar refractivity (Wildman–Crippen MR) is 64.2 cm³/mol. The largest absolute Gasteiger partial charge is 0.294 e. The number of ketones is 1. The van der Waals surface area contributed by atoms with Gasteiger partial charge in [-0.2, -0.15) is 0 Å². The van der Waals surface area contributed by atoms with Crippen LogP contribution in [0.1, 0.15) is 16.8 Å². The van der Waals surface area contributed by atoms with E-state index < -0.39 is 20.7 Å². The van der Waals surface area contributed by atoms with E-state index in [0.717, 1.165) is 0 Å². The molecule has 0 aliphatic carbocycles. The van der Waals surface area contributed by atoms with Crippen LogP contribution in [0.3, 0.4) is 0 Å². The van der Waals surface area contributed by atoms with Crippen molar-refractivity contribution in [1.82, 2.24) is 0 Å². The first-order valence-electron chi connectivity index (χ1n) is 5.38. The lowest BCUT2D eigenvalue weighted by molar-refractivity contribution is -0.384. The van der Waals surface area contributed by atoms with E-state index in [9.17, 15) is 23.3 Å². The van der Waals surface area contributed by atoms with Crippen molar-refractivity contribution >= 4 is 21.3 Å². The van der Waals surface area contributed by atoms with Gasteiger partial charge in [0.15, 0.2) is 15.6 Å². The van der Waals surface area contributed by atoms with Gasteiger partial charge >= 0.3 is 0 Å². The minimum Gasteiger partial charge on any atom is -0.294 e. The van der Waals surface area contributed by atoms with Crippen molar-refractivity contribution in [3.8, 4) is 0 Å². The summed E-state index contributed by atoms with van der Waals surface area (Å²) in [4.78, 5) is 22.0. The predicted octanol–water partition coefficient (Wildman–Crippen LogP) is 1.21. The van der Waals surface area contributed by atoms with E-state index in [1.54, 1.807) is 0 Å². The molecule has 1 aromatic carbocycles. The average Bonchev–Trinajstić information content (AvgIpc) is 2.69. The molecular weight excluding hydrogens is 258 g/mol. The van der Waals surface area contributed by atoms with E-state index in [1.807, 2.05) is 0 Å². The number of non-ortho nitro benzene ring substituents is 1. The van der Waals surface area contributed by atoms with Gasteiger partial charge in [-0.15, -0.1) is 0 Å². The first-order valence-corrected chi connectivity index (χ1v) is 7.20. The standard InChI is InChI=1S/C11H11NO5S/c13-11(9-4-5-18(16,17)7-9)8-2-1-3-10(6-8)12(14)15/h1-3,6,9H,4-5,7H2. The number of rotatable bonds is 3. The summed E-state index contributed by atoms with van der Waals surface area (Å²) in [6.07, 6.45) is 0.295. The highest BCUT2D eigenvalue weighted by molar-refractivity contribution is 7.91. The molecular formula is C11H11NO5S. The molecule has 0 N–H and O–H groups in total. The van der Waals surface area contributed by atoms with Gasteiger partial charge in [0.25, 0.3) is 5.69 Å². The Kier molecular flexibility index (Phi) is 3.16. The molecule has 1 saturated heterocycles. The molecule has 0 spiro atoms. The first kappa shape index (κ1) is 12.7. The Morgan fingerprint density at radius 3 is 2.67 bits per heavy atom. The Morgan fingerprint density at radius 2 is 2.11 bits per heavy atom. The first-order chi connectivity index (χ1) is 8.39. The van der Waals surface area contributed by atoms with Crippen LogP contribution in [-0.2, 0) is 9.84 Å². The molecule has 18 heavy (non-hydrogen) atoms. The molecule has 1 atom stereocenters. The average molecular weight is 269 g/mol. The third kappa shape index (κ3) is 2.56. The van der Waals surface area contributed by atoms with Crippen LogP contribution in [0.5, 0.6) is 0 Å². The number of sulfone groups is 1. The lowest BCUT2D eigenvalue weighted by Crippen LogP contribution is -2.16. The van der Waals surface area contributed by atoms with Gasteiger partial charge in [0, 0.05) is 23.6 Å². The normalized spacial score (nSPS) is 21.7. The molecule has 1 fully saturated rings. The minimum atomic E-state index is -3.13. The van der Waals surface area contributed by atoms with Gasteiger partial charge in [0.05, 0.1) is 16.4 Å². The van der Waals surface area contributed by atoms with Crippen molar-refractivity contribution in [2.75, 3.05) is 11.5 Å². The van der Waals surface area contributed by atoms with Gasteiger partial charge in [-0.05, 0) is 6.42 Å². The summed E-state index contributed by atoms with van der Waals surface area (Å²) < 4.78 is 22.6. The van der Waals surface area contributed by atoms with Crippen molar-refractivity contribution in [2.24, 2.45) is 5.92 Å². The highest BCUT2D eigenvalue weighted by Gasteiger charge is 2.33. The maximum absolute atomic E-state index is 12.0. The number of hydrogen-bond donors (Lipinski definition) is 0. The number of Topliss-reactive ketones (excluding diaryl/α,β-unsaturated/α-hetero) is 1. The van der Waals surface area contributed by atoms with E-state index >= 15 is 0 Å². The molecule has 0 bridgehead atoms. The summed E-state index contributed by atoms with van der Waals surface area (Å²) in [6.45, 7) is 0. The number of hydrogen-bond acceptors (Lipinski definition) is 5. The fourth-order valence-corrected chi connectivity index (χ4v) is 3.75. The van der Waals surface area contributed by atoms with Gasteiger partial charge in [-0.3, -0.25) is 14.9 Å². The lowest BCUT2D eigenvalue weighted by atomic mass is 9.97. The zero-order valence-corrected chi connectivity index (χ0v) is 10.2. The Labute approximate surface area is 104 Å². The van der Waals surface area contributed by atoms with Gasteiger partial charge in [0.2, 0.25) is 0 Å². The molecule has 0 radical (unpaired) electrons. The number of carbonyl (C=O) groups excluding carboxylic acids is 1. The summed E-state index contributed by atoms with van der Waals surface area (Å²) in [5.41, 5.74) is 0.0352. The molecule has 1 aromatic rings. The molecule has 7 heteroatoms. The smallest absolute Gasteiger partial charge is 0.270 e. The molecule has 1 unspecified atom stereocenters. The number of nitro benzene ring substituents is 1. The number of nitro groups is 1. The third-order valence-corrected chi connectivity index (χ3v) is 4.71. The molecule has 0 aromatic heterocycles. The highest BCUT2D eigenvalue weighted by Crippen LogP contribution is 2.24. The van der Waals surface area contributed by atoms with E-state index in [-0.39, 0.29) is 28.5 Å². The molecule has 0 saturated carbocycles. The SMILES string of the molecule is O=C(c1cccc([N+](=O)[O-])c1)C1CCS(=O)(=O)C1. The summed E-state index contributed by atoms with van der Waals surface area (Å²) in [5, 5.41) is 10.6. The zero-order chi connectivity index (χ0) is 13.3. The van der Waals surface area contributed by atoms with Crippen molar-refractivity contribution in [2.45, 2.75) is 6.42 Å². The Bertz CT molecular complexity index is 608. The number of carbonyl (C=O) groups is 1. The second-order valence-electron chi connectivity index (χ2n) is 4.27. The van der Waals surface area contributed by atoms with Crippen LogP contribution >= 0.6 is 0 Å². The minimum absolute atomic E-state index is 0.0122. The molecule has 2 rings (SSSR count). The Hall–Kier alpha value is -1.76. The lowest BCUT2D eigenvalue weighted by Gasteiger charge is -2.06. The van der Waals surface area contributed by atoms with Crippen LogP contribution < -0.4 is 0 Å². The fraction of sp³-hybridized carbons (Fsp3) is 0.364. The number of nitrogens with zero attached hydrogens (tertiary/aromatic N) is 1. The molecule has 6 nitrogen and oxygen atoms in total. The van der Waals surface area contributed by atoms with E-state index in [4.69, 9.17) is 0 Å². The topological polar surface area (TPSA) is 94.3 Å². The van der Waals surface area contributed by atoms with Gasteiger partial charge in [0.1, 0.15) is 0 Å². The van der Waals surface area contributed by atoms with Crippen molar-refractivity contribution < 1.29 is 18.1 Å². The van der Waals surface area contributed by atoms with Crippen LogP contribution in [0.2, 0.25) is 0 Å². The van der Waals surface area contributed by atoms with Crippen LogP contribution in [-0.4, -0.2) is 30.6 Å². The van der Waals surface area contributed by atoms with Gasteiger partial charge in [-0.1, -0.05) is 12.1 Å². The summed E-state index contributed by atoms with van der Waals surface area (Å²) >= 11 is 0. The van der Waals surface area contributed by atoms with Crippen molar-refractivity contribution in [3.05, 3.63) is 39.9 Å². The fourth-order valence-electron chi connectivity index (χ4n) is 2.01. The molecule has 1 heterocycles. The van der Waals surface area contributed by atoms with Crippen LogP contribution in [0.4, 0.5) is 5.69 Å². The van der Waals surface area contributed by atoms with Crippen LogP contribution in [0, 0.1) is 16.0 Å². The second-order valence-corrected chi connectivity index (χ2v) is 6.50. The van der Waals surface area contributed by atoms with Gasteiger partial charge < -0.3 is 0 Å². The Balaban J connectivity index is 2.24. The van der Waals surface area contributed by atoms with Crippen LogP contribution in [0.15, 0.2) is 24.3 Å². The maximum Gasteiger partial charge on any atom is 0.270 e. The van der Waals surface area contributed by atoms with Gasteiger partial charge in [-0.25, -0.2) is 8.42 Å². The van der Waals surface area contributed by atoms with E-state index in [0.29, 0.717) is 6.42 Å². The van der Waals surface area contributed by atoms with Crippen molar-refractivity contribution in [1.29, 1.82) is 0 Å². The summed E-state index contributed by atoms with van der Waals surface area (Å²) in [6, 6.07) is 5.38. The Morgan fingerprint density at radius 1 is 1.39 bits per heavy atom. The molecule has 0 amide bonds. The molecule has 1 aliphatic heterocycles. The zero-order valence-electron chi connectivity index (χ0n) is 9.40. The molecule has 96 valence electrons. The molecule has 1 aliphatic rings. The summed E-state index contributed by atoms with van der Waals surface area (Å²) in [5.74, 6) is -1.05. The number of benzene rings is 1. The monoisotopic (exact) mass is 269 g/mol. The van der Waals surface area contributed by atoms with Crippen LogP contribution in [0.25, 0.3) is 0 Å². The highest BCUT2D eigenvalue weighted by atomic mass is 32.2. The summed E-state index contributed by atoms with van der Waals surface area (Å²) in [7, 11) is -3.13. The third-order valence-electron chi connectivity index (χ3n) is 2.94. The van der Waals surface area contributed by atoms with Crippen molar-refractivity contribution in [3.63, 3.8) is 0 Å². The quantitative estimate of drug-likeness (QED) is 0.467. The second kappa shape index (κ2) is 4.49.